The monoisotopic (exact) mass is 269 g/mol. The average molecular weight is 270 g/mol. The molecule has 92 valence electrons. The number of thiocarbonyl (C=S) groups is 1. The third kappa shape index (κ3) is 3.31. The number of piperazine rings is 1. The van der Waals surface area contributed by atoms with Crippen molar-refractivity contribution in [3.8, 4) is 0 Å². The lowest BCUT2D eigenvalue weighted by Crippen LogP contribution is -2.47. The van der Waals surface area contributed by atoms with E-state index in [1.165, 1.54) is 0 Å². The fourth-order valence-electron chi connectivity index (χ4n) is 1.79. The number of nitrogens with zero attached hydrogens (tertiary/aromatic N) is 1. The molecule has 1 saturated heterocycles. The number of benzene rings is 1. The Bertz CT molecular complexity index is 416. The Morgan fingerprint density at radius 2 is 2.12 bits per heavy atom. The highest BCUT2D eigenvalue weighted by molar-refractivity contribution is 7.80. The fraction of sp³-hybridized carbons (Fsp3) is 0.417. The van der Waals surface area contributed by atoms with Crippen molar-refractivity contribution in [3.63, 3.8) is 0 Å². The van der Waals surface area contributed by atoms with Crippen molar-refractivity contribution in [3.05, 3.63) is 28.8 Å². The minimum atomic E-state index is 0.723. The molecule has 1 heterocycles. The van der Waals surface area contributed by atoms with Crippen LogP contribution < -0.4 is 10.6 Å². The first kappa shape index (κ1) is 12.6. The summed E-state index contributed by atoms with van der Waals surface area (Å²) in [5.74, 6) is 0. The van der Waals surface area contributed by atoms with Gasteiger partial charge >= 0.3 is 0 Å². The lowest BCUT2D eigenvalue weighted by atomic mass is 10.2. The molecule has 0 radical (unpaired) electrons. The van der Waals surface area contributed by atoms with E-state index in [2.05, 4.69) is 15.5 Å². The third-order valence-corrected chi connectivity index (χ3v) is 3.44. The minimum Gasteiger partial charge on any atom is -0.346 e. The SMILES string of the molecule is Cc1ccc(Cl)cc1NC(=S)N1CCNCC1. The van der Waals surface area contributed by atoms with Gasteiger partial charge < -0.3 is 15.5 Å². The zero-order valence-corrected chi connectivity index (χ0v) is 11.4. The number of nitrogens with one attached hydrogen (secondary N) is 2. The summed E-state index contributed by atoms with van der Waals surface area (Å²) in [6, 6.07) is 5.78. The maximum absolute atomic E-state index is 5.98. The summed E-state index contributed by atoms with van der Waals surface area (Å²) < 4.78 is 0. The third-order valence-electron chi connectivity index (χ3n) is 2.85. The van der Waals surface area contributed by atoms with Crippen LogP contribution in [0.5, 0.6) is 0 Å². The molecule has 0 unspecified atom stereocenters. The van der Waals surface area contributed by atoms with Gasteiger partial charge in [-0.25, -0.2) is 0 Å². The topological polar surface area (TPSA) is 27.3 Å². The number of halogens is 1. The summed E-state index contributed by atoms with van der Waals surface area (Å²) in [6.07, 6.45) is 0. The van der Waals surface area contributed by atoms with Gasteiger partial charge in [0, 0.05) is 36.9 Å². The largest absolute Gasteiger partial charge is 0.346 e. The number of hydrogen-bond acceptors (Lipinski definition) is 2. The van der Waals surface area contributed by atoms with Crippen LogP contribution >= 0.6 is 23.8 Å². The molecule has 1 fully saturated rings. The summed E-state index contributed by atoms with van der Waals surface area (Å²) >= 11 is 11.4. The first-order valence-electron chi connectivity index (χ1n) is 5.69. The second-order valence-corrected chi connectivity index (χ2v) is 4.95. The Hall–Kier alpha value is -0.840. The van der Waals surface area contributed by atoms with Gasteiger partial charge in [-0.1, -0.05) is 17.7 Å². The normalized spacial score (nSPS) is 15.8. The number of anilines is 1. The Morgan fingerprint density at radius 3 is 2.82 bits per heavy atom. The standard InChI is InChI=1S/C12H16ClN3S/c1-9-2-3-10(13)8-11(9)15-12(17)16-6-4-14-5-7-16/h2-3,8,14H,4-7H2,1H3,(H,15,17). The van der Waals surface area contributed by atoms with Crippen molar-refractivity contribution in [1.82, 2.24) is 10.2 Å². The van der Waals surface area contributed by atoms with Crippen LogP contribution in [0.1, 0.15) is 5.56 Å². The van der Waals surface area contributed by atoms with Gasteiger partial charge in [0.15, 0.2) is 5.11 Å². The minimum absolute atomic E-state index is 0.723. The van der Waals surface area contributed by atoms with E-state index in [4.69, 9.17) is 23.8 Å². The van der Waals surface area contributed by atoms with Gasteiger partial charge in [-0.15, -0.1) is 0 Å². The molecule has 1 aliphatic rings. The van der Waals surface area contributed by atoms with E-state index in [1.807, 2.05) is 25.1 Å². The van der Waals surface area contributed by atoms with Gasteiger partial charge in [-0.2, -0.15) is 0 Å². The molecule has 2 N–H and O–H groups in total. The molecule has 0 amide bonds. The van der Waals surface area contributed by atoms with Crippen LogP contribution in [0.3, 0.4) is 0 Å². The van der Waals surface area contributed by atoms with Crippen LogP contribution in [-0.4, -0.2) is 36.2 Å². The van der Waals surface area contributed by atoms with Gasteiger partial charge in [0.05, 0.1) is 0 Å². The van der Waals surface area contributed by atoms with Gasteiger partial charge in [-0.05, 0) is 36.8 Å². The summed E-state index contributed by atoms with van der Waals surface area (Å²) in [6.45, 7) is 5.91. The predicted octanol–water partition coefficient (Wildman–Crippen LogP) is 2.25. The molecule has 2 rings (SSSR count). The Morgan fingerprint density at radius 1 is 1.41 bits per heavy atom. The van der Waals surface area contributed by atoms with Gasteiger partial charge in [-0.3, -0.25) is 0 Å². The smallest absolute Gasteiger partial charge is 0.173 e. The van der Waals surface area contributed by atoms with Gasteiger partial charge in [0.2, 0.25) is 0 Å². The van der Waals surface area contributed by atoms with Crippen molar-refractivity contribution < 1.29 is 0 Å². The molecule has 0 aliphatic carbocycles. The van der Waals surface area contributed by atoms with Crippen molar-refractivity contribution >= 4 is 34.6 Å². The Kier molecular flexibility index (Phi) is 4.20. The lowest BCUT2D eigenvalue weighted by molar-refractivity contribution is 0.362. The first-order chi connectivity index (χ1) is 8.16. The molecule has 3 nitrogen and oxygen atoms in total. The highest BCUT2D eigenvalue weighted by Crippen LogP contribution is 2.20. The molecular formula is C12H16ClN3S. The molecule has 0 spiro atoms. The van der Waals surface area contributed by atoms with E-state index in [9.17, 15) is 0 Å². The Balaban J connectivity index is 2.04. The molecular weight excluding hydrogens is 254 g/mol. The highest BCUT2D eigenvalue weighted by atomic mass is 35.5. The van der Waals surface area contributed by atoms with Crippen molar-refractivity contribution in [2.24, 2.45) is 0 Å². The quantitative estimate of drug-likeness (QED) is 0.765. The molecule has 0 bridgehead atoms. The molecule has 0 atom stereocenters. The lowest BCUT2D eigenvalue weighted by Gasteiger charge is -2.30. The molecule has 1 aromatic rings. The Labute approximate surface area is 112 Å². The van der Waals surface area contributed by atoms with Gasteiger partial charge in [0.1, 0.15) is 0 Å². The fourth-order valence-corrected chi connectivity index (χ4v) is 2.26. The number of hydrogen-bond donors (Lipinski definition) is 2. The van der Waals surface area contributed by atoms with Crippen LogP contribution in [0.2, 0.25) is 5.02 Å². The summed E-state index contributed by atoms with van der Waals surface area (Å²) in [7, 11) is 0. The molecule has 5 heteroatoms. The maximum atomic E-state index is 5.98. The zero-order valence-electron chi connectivity index (χ0n) is 9.79. The highest BCUT2D eigenvalue weighted by Gasteiger charge is 2.13. The summed E-state index contributed by atoms with van der Waals surface area (Å²) in [5, 5.41) is 8.07. The second kappa shape index (κ2) is 5.67. The van der Waals surface area contributed by atoms with Crippen LogP contribution in [0, 0.1) is 6.92 Å². The van der Waals surface area contributed by atoms with Crippen LogP contribution in [0.4, 0.5) is 5.69 Å². The first-order valence-corrected chi connectivity index (χ1v) is 6.48. The maximum Gasteiger partial charge on any atom is 0.173 e. The van der Waals surface area contributed by atoms with Crippen molar-refractivity contribution in [2.45, 2.75) is 6.92 Å². The molecule has 1 aliphatic heterocycles. The number of aryl methyl sites for hydroxylation is 1. The zero-order chi connectivity index (χ0) is 12.3. The predicted molar refractivity (Wildman–Crippen MR) is 76.9 cm³/mol. The van der Waals surface area contributed by atoms with Crippen LogP contribution in [0.15, 0.2) is 18.2 Å². The second-order valence-electron chi connectivity index (χ2n) is 4.13. The van der Waals surface area contributed by atoms with E-state index in [-0.39, 0.29) is 0 Å². The van der Waals surface area contributed by atoms with Gasteiger partial charge in [0.25, 0.3) is 0 Å². The average Bonchev–Trinajstić information content (AvgIpc) is 2.35. The summed E-state index contributed by atoms with van der Waals surface area (Å²) in [5.41, 5.74) is 2.13. The van der Waals surface area contributed by atoms with E-state index in [0.717, 1.165) is 47.6 Å². The van der Waals surface area contributed by atoms with E-state index in [1.54, 1.807) is 0 Å². The number of rotatable bonds is 1. The van der Waals surface area contributed by atoms with E-state index >= 15 is 0 Å². The molecule has 0 aromatic heterocycles. The molecule has 0 saturated carbocycles. The van der Waals surface area contributed by atoms with E-state index < -0.39 is 0 Å². The molecule has 1 aromatic carbocycles. The van der Waals surface area contributed by atoms with Crippen LogP contribution in [-0.2, 0) is 0 Å². The van der Waals surface area contributed by atoms with E-state index in [0.29, 0.717) is 0 Å². The van der Waals surface area contributed by atoms with Crippen LogP contribution in [0.25, 0.3) is 0 Å². The molecule has 17 heavy (non-hydrogen) atoms. The van der Waals surface area contributed by atoms with Crippen molar-refractivity contribution in [1.29, 1.82) is 0 Å². The van der Waals surface area contributed by atoms with Crippen molar-refractivity contribution in [2.75, 3.05) is 31.5 Å². The summed E-state index contributed by atoms with van der Waals surface area (Å²) in [4.78, 5) is 2.17.